The summed E-state index contributed by atoms with van der Waals surface area (Å²) in [5.41, 5.74) is 0.768. The maximum atomic E-state index is 13.4. The molecule has 0 spiro atoms. The van der Waals surface area contributed by atoms with Gasteiger partial charge >= 0.3 is 0 Å². The van der Waals surface area contributed by atoms with E-state index in [-0.39, 0.29) is 11.6 Å². The Balaban J connectivity index is 1.49. The summed E-state index contributed by atoms with van der Waals surface area (Å²) in [6.45, 7) is 4.61. The zero-order valence-corrected chi connectivity index (χ0v) is 19.2. The second-order valence-corrected chi connectivity index (χ2v) is 10.6. The largest absolute Gasteiger partial charge is 0.379 e. The molecule has 1 fully saturated rings. The molecule has 0 unspecified atom stereocenters. The monoisotopic (exact) mass is 476 g/mol. The first kappa shape index (κ1) is 22.9. The molecule has 0 atom stereocenters. The predicted octanol–water partition coefficient (Wildman–Crippen LogP) is 2.98. The van der Waals surface area contributed by atoms with Crippen LogP contribution in [0.2, 0.25) is 0 Å². The molecule has 10 heteroatoms. The summed E-state index contributed by atoms with van der Waals surface area (Å²) in [7, 11) is -3.36. The third-order valence-electron chi connectivity index (χ3n) is 5.25. The maximum absolute atomic E-state index is 13.4. The summed E-state index contributed by atoms with van der Waals surface area (Å²) < 4.78 is 46.0. The smallest absolute Gasteiger partial charge is 0.191 e. The molecule has 0 bridgehead atoms. The van der Waals surface area contributed by atoms with Crippen molar-refractivity contribution in [1.82, 2.24) is 19.7 Å². The van der Waals surface area contributed by atoms with Gasteiger partial charge in [0, 0.05) is 37.5 Å². The van der Waals surface area contributed by atoms with Crippen molar-refractivity contribution in [2.24, 2.45) is 0 Å². The quantitative estimate of drug-likeness (QED) is 0.440. The van der Waals surface area contributed by atoms with Gasteiger partial charge in [0.15, 0.2) is 20.8 Å². The number of sulfone groups is 1. The molecule has 1 saturated heterocycles. The van der Waals surface area contributed by atoms with Crippen LogP contribution in [0.15, 0.2) is 64.6 Å². The number of benzene rings is 2. The number of halogens is 1. The molecule has 32 heavy (non-hydrogen) atoms. The van der Waals surface area contributed by atoms with Gasteiger partial charge in [0.25, 0.3) is 0 Å². The molecule has 0 aliphatic carbocycles. The minimum atomic E-state index is -3.36. The normalized spacial score (nSPS) is 15.2. The molecule has 1 aromatic heterocycles. The number of ether oxygens (including phenoxy) is 1. The fraction of sp³-hybridized carbons (Fsp3) is 0.364. The molecule has 0 amide bonds. The number of morpholine rings is 1. The van der Waals surface area contributed by atoms with Crippen LogP contribution in [0.25, 0.3) is 11.4 Å². The van der Waals surface area contributed by atoms with Crippen molar-refractivity contribution in [3.63, 3.8) is 0 Å². The number of hydrogen-bond donors (Lipinski definition) is 0. The second kappa shape index (κ2) is 10.6. The van der Waals surface area contributed by atoms with E-state index in [4.69, 9.17) is 4.74 Å². The highest BCUT2D eigenvalue weighted by molar-refractivity contribution is 8.00. The van der Waals surface area contributed by atoms with Gasteiger partial charge < -0.3 is 9.30 Å². The van der Waals surface area contributed by atoms with Crippen LogP contribution in [-0.4, -0.2) is 72.4 Å². The molecule has 2 heterocycles. The Kier molecular flexibility index (Phi) is 7.56. The van der Waals surface area contributed by atoms with E-state index < -0.39 is 9.84 Å². The summed E-state index contributed by atoms with van der Waals surface area (Å²) in [6, 6.07) is 14.6. The van der Waals surface area contributed by atoms with E-state index in [2.05, 4.69) is 15.1 Å². The number of rotatable bonds is 9. The summed E-state index contributed by atoms with van der Waals surface area (Å²) in [5, 5.41) is 9.30. The van der Waals surface area contributed by atoms with Gasteiger partial charge in [0.2, 0.25) is 0 Å². The average Bonchev–Trinajstić information content (AvgIpc) is 3.22. The maximum Gasteiger partial charge on any atom is 0.191 e. The van der Waals surface area contributed by atoms with Gasteiger partial charge in [-0.2, -0.15) is 0 Å². The highest BCUT2D eigenvalue weighted by Gasteiger charge is 2.19. The van der Waals surface area contributed by atoms with Crippen LogP contribution >= 0.6 is 11.8 Å². The first-order chi connectivity index (χ1) is 15.5. The Morgan fingerprint density at radius 2 is 1.69 bits per heavy atom. The van der Waals surface area contributed by atoms with Crippen LogP contribution in [0.4, 0.5) is 4.39 Å². The Morgan fingerprint density at radius 3 is 2.41 bits per heavy atom. The third kappa shape index (κ3) is 5.74. The Labute approximate surface area is 191 Å². The number of nitrogens with zero attached hydrogens (tertiary/aromatic N) is 4. The van der Waals surface area contributed by atoms with Crippen LogP contribution < -0.4 is 0 Å². The van der Waals surface area contributed by atoms with Gasteiger partial charge in [-0.05, 0) is 36.4 Å². The van der Waals surface area contributed by atoms with E-state index in [9.17, 15) is 12.8 Å². The van der Waals surface area contributed by atoms with Crippen LogP contribution in [0.3, 0.4) is 0 Å². The van der Waals surface area contributed by atoms with E-state index in [0.29, 0.717) is 41.4 Å². The number of hydrogen-bond acceptors (Lipinski definition) is 7. The first-order valence-electron chi connectivity index (χ1n) is 10.4. The molecular weight excluding hydrogens is 451 g/mol. The molecule has 0 saturated carbocycles. The van der Waals surface area contributed by atoms with Crippen LogP contribution in [0, 0.1) is 5.82 Å². The fourth-order valence-electron chi connectivity index (χ4n) is 3.46. The zero-order chi connectivity index (χ0) is 22.4. The Hall–Kier alpha value is -2.27. The van der Waals surface area contributed by atoms with Crippen LogP contribution in [0.1, 0.15) is 0 Å². The summed E-state index contributed by atoms with van der Waals surface area (Å²) >= 11 is 1.37. The van der Waals surface area contributed by atoms with Crippen LogP contribution in [-0.2, 0) is 21.1 Å². The first-order valence-corrected chi connectivity index (χ1v) is 13.1. The molecule has 1 aliphatic rings. The van der Waals surface area contributed by atoms with Crippen molar-refractivity contribution in [1.29, 1.82) is 0 Å². The van der Waals surface area contributed by atoms with Gasteiger partial charge in [-0.1, -0.05) is 30.0 Å². The topological polar surface area (TPSA) is 77.3 Å². The minimum Gasteiger partial charge on any atom is -0.379 e. The lowest BCUT2D eigenvalue weighted by molar-refractivity contribution is 0.0361. The SMILES string of the molecule is O=S(=O)(CCSc1nnc(-c2ccc(F)cc2)n1CCN1CCOCC1)c1ccccc1. The van der Waals surface area contributed by atoms with Gasteiger partial charge in [-0.3, -0.25) is 4.90 Å². The lowest BCUT2D eigenvalue weighted by Gasteiger charge is -2.27. The molecule has 1 aliphatic heterocycles. The average molecular weight is 477 g/mol. The van der Waals surface area contributed by atoms with E-state index in [1.807, 2.05) is 4.57 Å². The van der Waals surface area contributed by atoms with Crippen molar-refractivity contribution in [2.75, 3.05) is 44.4 Å². The predicted molar refractivity (Wildman–Crippen MR) is 122 cm³/mol. The zero-order valence-electron chi connectivity index (χ0n) is 17.6. The van der Waals surface area contributed by atoms with E-state index in [1.165, 1.54) is 23.9 Å². The van der Waals surface area contributed by atoms with Gasteiger partial charge in [-0.25, -0.2) is 12.8 Å². The summed E-state index contributed by atoms with van der Waals surface area (Å²) in [4.78, 5) is 2.63. The van der Waals surface area contributed by atoms with E-state index >= 15 is 0 Å². The van der Waals surface area contributed by atoms with Gasteiger partial charge in [0.1, 0.15) is 5.82 Å². The molecule has 170 valence electrons. The number of thioether (sulfide) groups is 1. The van der Waals surface area contributed by atoms with Crippen molar-refractivity contribution in [3.8, 4) is 11.4 Å². The Morgan fingerprint density at radius 1 is 0.969 bits per heavy atom. The molecule has 2 aromatic carbocycles. The van der Waals surface area contributed by atoms with Gasteiger partial charge in [0.05, 0.1) is 23.9 Å². The Bertz CT molecular complexity index is 1120. The van der Waals surface area contributed by atoms with Crippen LogP contribution in [0.5, 0.6) is 0 Å². The molecule has 3 aromatic rings. The molecular formula is C22H25FN4O3S2. The van der Waals surface area contributed by atoms with Crippen molar-refractivity contribution in [3.05, 3.63) is 60.4 Å². The summed E-state index contributed by atoms with van der Waals surface area (Å²) in [5.74, 6) is 0.695. The molecule has 4 rings (SSSR count). The lowest BCUT2D eigenvalue weighted by Crippen LogP contribution is -2.38. The number of aromatic nitrogens is 3. The summed E-state index contributed by atoms with van der Waals surface area (Å²) in [6.07, 6.45) is 0. The fourth-order valence-corrected chi connectivity index (χ4v) is 6.10. The lowest BCUT2D eigenvalue weighted by atomic mass is 10.2. The highest BCUT2D eigenvalue weighted by atomic mass is 32.2. The molecule has 0 N–H and O–H groups in total. The highest BCUT2D eigenvalue weighted by Crippen LogP contribution is 2.25. The van der Waals surface area contributed by atoms with Crippen molar-refractivity contribution >= 4 is 21.6 Å². The van der Waals surface area contributed by atoms with Crippen molar-refractivity contribution < 1.29 is 17.5 Å². The standard InChI is InChI=1S/C22H25FN4O3S2/c23-19-8-6-18(7-9-19)21-24-25-22(27(21)11-10-26-12-14-30-15-13-26)31-16-17-32(28,29)20-4-2-1-3-5-20/h1-9H,10-17H2. The van der Waals surface area contributed by atoms with E-state index in [0.717, 1.165) is 25.2 Å². The van der Waals surface area contributed by atoms with Crippen molar-refractivity contribution in [2.45, 2.75) is 16.6 Å². The van der Waals surface area contributed by atoms with E-state index in [1.54, 1.807) is 42.5 Å². The third-order valence-corrected chi connectivity index (χ3v) is 8.21. The minimum absolute atomic E-state index is 0.00385. The molecule has 0 radical (unpaired) electrons. The molecule has 7 nitrogen and oxygen atoms in total. The second-order valence-electron chi connectivity index (χ2n) is 7.40. The van der Waals surface area contributed by atoms with Gasteiger partial charge in [-0.15, -0.1) is 10.2 Å².